The molecule has 20 heavy (non-hydrogen) atoms. The smallest absolute Gasteiger partial charge is 0.318 e. The van der Waals surface area contributed by atoms with Gasteiger partial charge in [0, 0.05) is 6.07 Å². The summed E-state index contributed by atoms with van der Waals surface area (Å²) in [7, 11) is 2.98. The lowest BCUT2D eigenvalue weighted by Gasteiger charge is -2.10. The molecule has 0 aliphatic rings. The van der Waals surface area contributed by atoms with Crippen molar-refractivity contribution in [3.8, 4) is 11.4 Å². The third kappa shape index (κ3) is 3.11. The second kappa shape index (κ2) is 6.42. The van der Waals surface area contributed by atoms with Crippen LogP contribution < -0.4 is 4.74 Å². The van der Waals surface area contributed by atoms with E-state index < -0.39 is 0 Å². The largest absolute Gasteiger partial charge is 0.497 e. The summed E-state index contributed by atoms with van der Waals surface area (Å²) >= 11 is 1.29. The van der Waals surface area contributed by atoms with Gasteiger partial charge in [0.1, 0.15) is 17.3 Å². The summed E-state index contributed by atoms with van der Waals surface area (Å²) < 4.78 is 11.7. The van der Waals surface area contributed by atoms with Gasteiger partial charge in [-0.15, -0.1) is 10.2 Å². The number of aromatic nitrogens is 3. The van der Waals surface area contributed by atoms with Crippen LogP contribution >= 0.6 is 11.8 Å². The lowest BCUT2D eigenvalue weighted by molar-refractivity contribution is -0.139. The number of ether oxygens (including phenoxy) is 2. The van der Waals surface area contributed by atoms with Gasteiger partial charge in [0.25, 0.3) is 0 Å². The molecule has 0 aliphatic heterocycles. The average Bonchev–Trinajstić information content (AvgIpc) is 2.94. The van der Waals surface area contributed by atoms with Gasteiger partial charge in [-0.05, 0) is 19.1 Å². The van der Waals surface area contributed by atoms with Crippen molar-refractivity contribution in [3.05, 3.63) is 30.6 Å². The molecule has 0 saturated heterocycles. The van der Waals surface area contributed by atoms with E-state index in [0.717, 1.165) is 11.4 Å². The minimum Gasteiger partial charge on any atom is -0.497 e. The Balaban J connectivity index is 2.26. The Morgan fingerprint density at radius 2 is 2.20 bits per heavy atom. The van der Waals surface area contributed by atoms with E-state index in [4.69, 9.17) is 9.47 Å². The summed E-state index contributed by atoms with van der Waals surface area (Å²) in [5.74, 6) is 0.448. The van der Waals surface area contributed by atoms with Crippen molar-refractivity contribution >= 4 is 17.7 Å². The van der Waals surface area contributed by atoms with Gasteiger partial charge in [-0.25, -0.2) is 0 Å². The predicted octanol–water partition coefficient (Wildman–Crippen LogP) is 1.93. The molecule has 1 heterocycles. The summed E-state index contributed by atoms with van der Waals surface area (Å²) in [6, 6.07) is 7.53. The van der Waals surface area contributed by atoms with Crippen molar-refractivity contribution in [3.63, 3.8) is 0 Å². The molecule has 0 radical (unpaired) electrons. The fourth-order valence-corrected chi connectivity index (χ4v) is 2.48. The maximum Gasteiger partial charge on any atom is 0.318 e. The number of esters is 1. The van der Waals surface area contributed by atoms with E-state index in [1.165, 1.54) is 18.9 Å². The number of nitrogens with zero attached hydrogens (tertiary/aromatic N) is 3. The van der Waals surface area contributed by atoms with E-state index in [1.807, 2.05) is 24.3 Å². The van der Waals surface area contributed by atoms with Gasteiger partial charge in [-0.1, -0.05) is 17.8 Å². The van der Waals surface area contributed by atoms with E-state index in [9.17, 15) is 4.79 Å². The molecule has 2 rings (SSSR count). The summed E-state index contributed by atoms with van der Waals surface area (Å²) in [6.07, 6.45) is 1.60. The van der Waals surface area contributed by atoms with E-state index >= 15 is 0 Å². The van der Waals surface area contributed by atoms with Crippen molar-refractivity contribution in [1.29, 1.82) is 0 Å². The number of thioether (sulfide) groups is 1. The number of hydrogen-bond donors (Lipinski definition) is 0. The first-order chi connectivity index (χ1) is 9.65. The van der Waals surface area contributed by atoms with Crippen LogP contribution in [0.25, 0.3) is 5.69 Å². The van der Waals surface area contributed by atoms with Gasteiger partial charge in [-0.3, -0.25) is 9.36 Å². The first-order valence-corrected chi connectivity index (χ1v) is 6.82. The molecular formula is C13H15N3O3S. The molecule has 0 fully saturated rings. The molecule has 1 atom stereocenters. The van der Waals surface area contributed by atoms with Crippen LogP contribution in [0.2, 0.25) is 0 Å². The van der Waals surface area contributed by atoms with Crippen molar-refractivity contribution in [2.24, 2.45) is 0 Å². The van der Waals surface area contributed by atoms with Crippen molar-refractivity contribution in [2.75, 3.05) is 14.2 Å². The lowest BCUT2D eigenvalue weighted by Crippen LogP contribution is -2.15. The molecule has 0 amide bonds. The highest BCUT2D eigenvalue weighted by atomic mass is 32.2. The van der Waals surface area contributed by atoms with E-state index in [-0.39, 0.29) is 11.2 Å². The van der Waals surface area contributed by atoms with Crippen molar-refractivity contribution in [1.82, 2.24) is 14.8 Å². The van der Waals surface area contributed by atoms with Crippen LogP contribution in [0.1, 0.15) is 6.92 Å². The van der Waals surface area contributed by atoms with Gasteiger partial charge < -0.3 is 9.47 Å². The van der Waals surface area contributed by atoms with Crippen LogP contribution in [0.3, 0.4) is 0 Å². The zero-order valence-corrected chi connectivity index (χ0v) is 12.3. The molecule has 0 spiro atoms. The molecule has 106 valence electrons. The fourth-order valence-electron chi connectivity index (χ4n) is 1.61. The first kappa shape index (κ1) is 14.4. The van der Waals surface area contributed by atoms with Gasteiger partial charge in [0.15, 0.2) is 5.16 Å². The van der Waals surface area contributed by atoms with Gasteiger partial charge >= 0.3 is 5.97 Å². The summed E-state index contributed by atoms with van der Waals surface area (Å²) in [6.45, 7) is 1.76. The monoisotopic (exact) mass is 293 g/mol. The normalized spacial score (nSPS) is 11.9. The topological polar surface area (TPSA) is 66.2 Å². The molecule has 0 unspecified atom stereocenters. The van der Waals surface area contributed by atoms with Crippen LogP contribution in [-0.2, 0) is 9.53 Å². The molecule has 6 nitrogen and oxygen atoms in total. The lowest BCUT2D eigenvalue weighted by atomic mass is 10.3. The Hall–Kier alpha value is -2.02. The molecular weight excluding hydrogens is 278 g/mol. The first-order valence-electron chi connectivity index (χ1n) is 5.94. The highest BCUT2D eigenvalue weighted by Gasteiger charge is 2.18. The van der Waals surface area contributed by atoms with Crippen molar-refractivity contribution < 1.29 is 14.3 Å². The Morgan fingerprint density at radius 3 is 2.90 bits per heavy atom. The van der Waals surface area contributed by atoms with Crippen LogP contribution in [0.4, 0.5) is 0 Å². The highest BCUT2D eigenvalue weighted by Crippen LogP contribution is 2.25. The number of benzene rings is 1. The zero-order valence-electron chi connectivity index (χ0n) is 11.4. The van der Waals surface area contributed by atoms with E-state index in [1.54, 1.807) is 24.9 Å². The van der Waals surface area contributed by atoms with Gasteiger partial charge in [0.2, 0.25) is 0 Å². The molecule has 1 aromatic carbocycles. The van der Waals surface area contributed by atoms with Crippen LogP contribution in [0.15, 0.2) is 35.7 Å². The van der Waals surface area contributed by atoms with E-state index in [2.05, 4.69) is 10.2 Å². The van der Waals surface area contributed by atoms with Crippen LogP contribution in [0.5, 0.6) is 5.75 Å². The average molecular weight is 293 g/mol. The molecule has 2 aromatic rings. The summed E-state index contributed by atoms with van der Waals surface area (Å²) in [5.41, 5.74) is 0.869. The molecule has 0 bridgehead atoms. The molecule has 0 N–H and O–H groups in total. The Bertz CT molecular complexity index is 600. The molecule has 1 aromatic heterocycles. The minimum absolute atomic E-state index is 0.296. The number of carbonyl (C=O) groups is 1. The van der Waals surface area contributed by atoms with Crippen LogP contribution in [-0.4, -0.2) is 40.2 Å². The molecule has 7 heteroatoms. The number of methoxy groups -OCH3 is 2. The third-order valence-corrected chi connectivity index (χ3v) is 3.70. The third-order valence-electron chi connectivity index (χ3n) is 2.66. The highest BCUT2D eigenvalue weighted by molar-refractivity contribution is 8.00. The van der Waals surface area contributed by atoms with E-state index in [0.29, 0.717) is 5.16 Å². The SMILES string of the molecule is COC(=O)[C@@H](C)Sc1nncn1-c1cccc(OC)c1. The standard InChI is InChI=1S/C13H15N3O3S/c1-9(12(17)19-3)20-13-15-14-8-16(13)10-5-4-6-11(7-10)18-2/h4-9H,1-3H3/t9-/m1/s1. The minimum atomic E-state index is -0.353. The number of hydrogen-bond acceptors (Lipinski definition) is 6. The van der Waals surface area contributed by atoms with Crippen molar-refractivity contribution in [2.45, 2.75) is 17.3 Å². The Morgan fingerprint density at radius 1 is 1.40 bits per heavy atom. The molecule has 0 aliphatic carbocycles. The molecule has 0 saturated carbocycles. The second-order valence-electron chi connectivity index (χ2n) is 3.97. The summed E-state index contributed by atoms with van der Waals surface area (Å²) in [5, 5.41) is 8.19. The van der Waals surface area contributed by atoms with Crippen LogP contribution in [0, 0.1) is 0 Å². The quantitative estimate of drug-likeness (QED) is 0.620. The predicted molar refractivity (Wildman–Crippen MR) is 75.2 cm³/mol. The maximum atomic E-state index is 11.5. The Labute approximate surface area is 121 Å². The van der Waals surface area contributed by atoms with Gasteiger partial charge in [-0.2, -0.15) is 0 Å². The fraction of sp³-hybridized carbons (Fsp3) is 0.308. The second-order valence-corrected chi connectivity index (χ2v) is 5.28. The zero-order chi connectivity index (χ0) is 14.5. The van der Waals surface area contributed by atoms with Gasteiger partial charge in [0.05, 0.1) is 19.9 Å². The maximum absolute atomic E-state index is 11.5. The number of carbonyl (C=O) groups excluding carboxylic acids is 1. The Kier molecular flexibility index (Phi) is 4.62. The number of rotatable bonds is 5. The summed E-state index contributed by atoms with van der Waals surface area (Å²) in [4.78, 5) is 11.5.